The van der Waals surface area contributed by atoms with Gasteiger partial charge in [0.2, 0.25) is 0 Å². The van der Waals surface area contributed by atoms with Crippen LogP contribution in [0.5, 0.6) is 0 Å². The molecule has 20 heavy (non-hydrogen) atoms. The van der Waals surface area contributed by atoms with E-state index in [0.29, 0.717) is 0 Å². The van der Waals surface area contributed by atoms with E-state index in [1.54, 1.807) is 0 Å². The first kappa shape index (κ1) is 15.5. The van der Waals surface area contributed by atoms with Gasteiger partial charge in [0.1, 0.15) is 0 Å². The second-order valence-electron chi connectivity index (χ2n) is 4.87. The lowest BCUT2D eigenvalue weighted by molar-refractivity contribution is 0.504. The van der Waals surface area contributed by atoms with Gasteiger partial charge >= 0.3 is 0 Å². The van der Waals surface area contributed by atoms with Crippen LogP contribution in [0.1, 0.15) is 17.0 Å². The summed E-state index contributed by atoms with van der Waals surface area (Å²) in [5.74, 6) is 5.68. The molecule has 2 rings (SSSR count). The summed E-state index contributed by atoms with van der Waals surface area (Å²) in [4.78, 5) is 0. The van der Waals surface area contributed by atoms with E-state index in [1.165, 1.54) is 5.56 Å². The van der Waals surface area contributed by atoms with E-state index in [1.807, 2.05) is 42.9 Å². The van der Waals surface area contributed by atoms with Crippen LogP contribution in [0.25, 0.3) is 0 Å². The van der Waals surface area contributed by atoms with Gasteiger partial charge in [0.05, 0.1) is 15.9 Å². The Morgan fingerprint density at radius 3 is 2.50 bits per heavy atom. The molecule has 3 N–H and O–H groups in total. The second-order valence-corrected chi connectivity index (χ2v) is 6.10. The van der Waals surface area contributed by atoms with Crippen LogP contribution in [0.3, 0.4) is 0 Å². The Morgan fingerprint density at radius 1 is 1.35 bits per heavy atom. The monoisotopic (exact) mass is 356 g/mol. The van der Waals surface area contributed by atoms with Crippen molar-refractivity contribution in [2.45, 2.75) is 25.8 Å². The van der Waals surface area contributed by atoms with Crippen molar-refractivity contribution in [3.05, 3.63) is 50.7 Å². The summed E-state index contributed by atoms with van der Waals surface area (Å²) in [6.07, 6.45) is 1.64. The third-order valence-corrected chi connectivity index (χ3v) is 4.62. The smallest absolute Gasteiger partial charge is 0.0738 e. The lowest BCUT2D eigenvalue weighted by Gasteiger charge is -2.16. The fourth-order valence-corrected chi connectivity index (χ4v) is 2.85. The molecule has 1 unspecified atom stereocenters. The van der Waals surface area contributed by atoms with Crippen molar-refractivity contribution < 1.29 is 0 Å². The van der Waals surface area contributed by atoms with Crippen LogP contribution in [0.15, 0.2) is 28.7 Å². The highest BCUT2D eigenvalue weighted by molar-refractivity contribution is 9.10. The molecule has 0 aliphatic rings. The molecule has 1 aromatic carbocycles. The van der Waals surface area contributed by atoms with Crippen molar-refractivity contribution in [2.24, 2.45) is 12.9 Å². The van der Waals surface area contributed by atoms with Crippen LogP contribution in [-0.4, -0.2) is 15.8 Å². The summed E-state index contributed by atoms with van der Waals surface area (Å²) in [5, 5.41) is 5.15. The largest absolute Gasteiger partial charge is 0.271 e. The first-order valence-corrected chi connectivity index (χ1v) is 7.57. The summed E-state index contributed by atoms with van der Waals surface area (Å²) in [7, 11) is 1.95. The Hall–Kier alpha value is -0.880. The van der Waals surface area contributed by atoms with Gasteiger partial charge in [-0.1, -0.05) is 23.7 Å². The summed E-state index contributed by atoms with van der Waals surface area (Å²) in [6, 6.07) is 7.98. The zero-order chi connectivity index (χ0) is 14.7. The van der Waals surface area contributed by atoms with Crippen molar-refractivity contribution in [3.63, 3.8) is 0 Å². The molecule has 4 nitrogen and oxygen atoms in total. The fraction of sp³-hybridized carbons (Fsp3) is 0.357. The van der Waals surface area contributed by atoms with Crippen molar-refractivity contribution in [1.29, 1.82) is 0 Å². The number of aryl methyl sites for hydroxylation is 2. The summed E-state index contributed by atoms with van der Waals surface area (Å²) in [5.41, 5.74) is 6.21. The molecular formula is C14H18BrClN4. The van der Waals surface area contributed by atoms with Crippen LogP contribution in [-0.2, 0) is 19.9 Å². The van der Waals surface area contributed by atoms with Crippen molar-refractivity contribution in [1.82, 2.24) is 15.2 Å². The van der Waals surface area contributed by atoms with Gasteiger partial charge < -0.3 is 0 Å². The van der Waals surface area contributed by atoms with E-state index in [-0.39, 0.29) is 6.04 Å². The van der Waals surface area contributed by atoms with E-state index >= 15 is 0 Å². The molecule has 6 heteroatoms. The quantitative estimate of drug-likeness (QED) is 0.639. The van der Waals surface area contributed by atoms with Gasteiger partial charge in [-0.25, -0.2) is 0 Å². The third-order valence-electron chi connectivity index (χ3n) is 3.33. The number of aromatic nitrogens is 2. The summed E-state index contributed by atoms with van der Waals surface area (Å²) >= 11 is 9.48. The van der Waals surface area contributed by atoms with Gasteiger partial charge in [0, 0.05) is 24.5 Å². The number of nitrogens with zero attached hydrogens (tertiary/aromatic N) is 2. The number of nitrogens with two attached hydrogens (primary N) is 1. The first-order chi connectivity index (χ1) is 9.51. The minimum absolute atomic E-state index is 0.141. The second kappa shape index (κ2) is 6.72. The SMILES string of the molecule is Cc1nn(C)c(CC(Cc2ccc(Cl)cc2)NN)c1Br. The Morgan fingerprint density at radius 2 is 2.00 bits per heavy atom. The number of halogens is 2. The highest BCUT2D eigenvalue weighted by Gasteiger charge is 2.16. The summed E-state index contributed by atoms with van der Waals surface area (Å²) < 4.78 is 2.95. The zero-order valence-corrected chi connectivity index (χ0v) is 13.9. The molecule has 0 fully saturated rings. The average Bonchev–Trinajstić information content (AvgIpc) is 2.66. The van der Waals surface area contributed by atoms with Gasteiger partial charge in [-0.05, 0) is 47.0 Å². The zero-order valence-electron chi connectivity index (χ0n) is 11.5. The lowest BCUT2D eigenvalue weighted by atomic mass is 10.0. The Bertz CT molecular complexity index is 580. The fourth-order valence-electron chi connectivity index (χ4n) is 2.23. The van der Waals surface area contributed by atoms with Crippen LogP contribution < -0.4 is 11.3 Å². The molecule has 1 atom stereocenters. The standard InChI is InChI=1S/C14H18BrClN4/c1-9-14(15)13(20(2)19-9)8-12(18-17)7-10-3-5-11(16)6-4-10/h3-6,12,18H,7-8,17H2,1-2H3. The molecule has 1 heterocycles. The van der Waals surface area contributed by atoms with E-state index < -0.39 is 0 Å². The van der Waals surface area contributed by atoms with Crippen LogP contribution >= 0.6 is 27.5 Å². The highest BCUT2D eigenvalue weighted by Crippen LogP contribution is 2.22. The maximum Gasteiger partial charge on any atom is 0.0738 e. The normalized spacial score (nSPS) is 12.7. The molecule has 0 saturated carbocycles. The minimum atomic E-state index is 0.141. The molecule has 0 radical (unpaired) electrons. The Labute approximate surface area is 132 Å². The lowest BCUT2D eigenvalue weighted by Crippen LogP contribution is -2.39. The number of hydrogen-bond acceptors (Lipinski definition) is 3. The van der Waals surface area contributed by atoms with Crippen molar-refractivity contribution in [2.75, 3.05) is 0 Å². The van der Waals surface area contributed by atoms with E-state index in [0.717, 1.165) is 33.7 Å². The van der Waals surface area contributed by atoms with Crippen molar-refractivity contribution in [3.8, 4) is 0 Å². The van der Waals surface area contributed by atoms with Gasteiger partial charge in [0.25, 0.3) is 0 Å². The molecule has 0 amide bonds. The number of rotatable bonds is 5. The average molecular weight is 358 g/mol. The molecule has 0 saturated heterocycles. The molecule has 2 aromatic rings. The van der Waals surface area contributed by atoms with E-state index in [4.69, 9.17) is 17.4 Å². The Kier molecular flexibility index (Phi) is 5.21. The number of hydrazine groups is 1. The molecule has 0 bridgehead atoms. The van der Waals surface area contributed by atoms with Gasteiger partial charge in [0.15, 0.2) is 0 Å². The molecular weight excluding hydrogens is 340 g/mol. The van der Waals surface area contributed by atoms with Gasteiger partial charge in [-0.3, -0.25) is 16.0 Å². The van der Waals surface area contributed by atoms with Crippen LogP contribution in [0.4, 0.5) is 0 Å². The molecule has 108 valence electrons. The van der Waals surface area contributed by atoms with Crippen LogP contribution in [0, 0.1) is 6.92 Å². The predicted octanol–water partition coefficient (Wildman–Crippen LogP) is 2.76. The first-order valence-electron chi connectivity index (χ1n) is 6.39. The third kappa shape index (κ3) is 3.61. The van der Waals surface area contributed by atoms with Crippen LogP contribution in [0.2, 0.25) is 5.02 Å². The van der Waals surface area contributed by atoms with E-state index in [9.17, 15) is 0 Å². The van der Waals surface area contributed by atoms with E-state index in [2.05, 4.69) is 26.5 Å². The highest BCUT2D eigenvalue weighted by atomic mass is 79.9. The maximum absolute atomic E-state index is 5.90. The number of benzene rings is 1. The maximum atomic E-state index is 5.90. The molecule has 1 aromatic heterocycles. The molecule has 0 aliphatic carbocycles. The Balaban J connectivity index is 2.11. The molecule has 0 spiro atoms. The predicted molar refractivity (Wildman–Crippen MR) is 85.6 cm³/mol. The number of hydrogen-bond donors (Lipinski definition) is 2. The summed E-state index contributed by atoms with van der Waals surface area (Å²) in [6.45, 7) is 1.98. The van der Waals surface area contributed by atoms with Crippen molar-refractivity contribution >= 4 is 27.5 Å². The topological polar surface area (TPSA) is 55.9 Å². The molecule has 0 aliphatic heterocycles. The number of nitrogens with one attached hydrogen (secondary N) is 1. The van der Waals surface area contributed by atoms with Gasteiger partial charge in [-0.15, -0.1) is 0 Å². The van der Waals surface area contributed by atoms with Gasteiger partial charge in [-0.2, -0.15) is 5.10 Å². The minimum Gasteiger partial charge on any atom is -0.271 e.